The summed E-state index contributed by atoms with van der Waals surface area (Å²) in [5, 5.41) is 13.8. The zero-order valence-corrected chi connectivity index (χ0v) is 9.65. The van der Waals surface area contributed by atoms with Gasteiger partial charge in [-0.05, 0) is 23.4 Å². The molecule has 2 rings (SSSR count). The third-order valence-corrected chi connectivity index (χ3v) is 2.94. The summed E-state index contributed by atoms with van der Waals surface area (Å²) < 4.78 is 0. The zero-order valence-electron chi connectivity index (χ0n) is 8.90. The highest BCUT2D eigenvalue weighted by atomic mass is 35.5. The quantitative estimate of drug-likeness (QED) is 0.499. The van der Waals surface area contributed by atoms with Gasteiger partial charge in [-0.3, -0.25) is 10.1 Å². The number of nitrogens with one attached hydrogen (secondary N) is 1. The van der Waals surface area contributed by atoms with E-state index in [1.807, 2.05) is 0 Å². The fourth-order valence-corrected chi connectivity index (χ4v) is 1.61. The molecular weight excluding hydrogens is 232 g/mol. The monoisotopic (exact) mass is 242 g/mol. The molecule has 7 heteroatoms. The molecule has 1 unspecified atom stereocenters. The highest BCUT2D eigenvalue weighted by Gasteiger charge is 2.46. The molecule has 1 fully saturated rings. The van der Waals surface area contributed by atoms with E-state index in [1.54, 1.807) is 0 Å². The second-order valence-corrected chi connectivity index (χ2v) is 4.86. The van der Waals surface area contributed by atoms with E-state index >= 15 is 0 Å². The lowest BCUT2D eigenvalue weighted by Crippen LogP contribution is -2.11. The number of aromatic nitrogens is 2. The topological polar surface area (TPSA) is 81.0 Å². The lowest BCUT2D eigenvalue weighted by Gasteiger charge is -2.07. The van der Waals surface area contributed by atoms with Gasteiger partial charge in [0, 0.05) is 6.04 Å². The third-order valence-electron chi connectivity index (χ3n) is 2.76. The fraction of sp³-hybridized carbons (Fsp3) is 0.556. The van der Waals surface area contributed by atoms with Crippen LogP contribution in [0.1, 0.15) is 20.3 Å². The van der Waals surface area contributed by atoms with Crippen LogP contribution in [-0.4, -0.2) is 20.9 Å². The summed E-state index contributed by atoms with van der Waals surface area (Å²) >= 11 is 5.61. The maximum atomic E-state index is 10.7. The van der Waals surface area contributed by atoms with Crippen LogP contribution in [0.2, 0.25) is 5.28 Å². The van der Waals surface area contributed by atoms with Gasteiger partial charge in [0.1, 0.15) is 6.20 Å². The first-order valence-electron chi connectivity index (χ1n) is 4.83. The van der Waals surface area contributed by atoms with Crippen molar-refractivity contribution in [1.29, 1.82) is 0 Å². The van der Waals surface area contributed by atoms with Gasteiger partial charge in [0.15, 0.2) is 0 Å². The summed E-state index contributed by atoms with van der Waals surface area (Å²) in [5.41, 5.74) is 0.0118. The summed E-state index contributed by atoms with van der Waals surface area (Å²) in [6.07, 6.45) is 2.08. The molecule has 0 aliphatic heterocycles. The van der Waals surface area contributed by atoms with Crippen molar-refractivity contribution in [3.8, 4) is 0 Å². The molecule has 1 atom stereocenters. The van der Waals surface area contributed by atoms with Gasteiger partial charge in [-0.25, -0.2) is 4.98 Å². The minimum Gasteiger partial charge on any atom is -0.361 e. The second kappa shape index (κ2) is 3.55. The largest absolute Gasteiger partial charge is 0.361 e. The highest BCUT2D eigenvalue weighted by Crippen LogP contribution is 2.47. The molecule has 0 spiro atoms. The van der Waals surface area contributed by atoms with Crippen molar-refractivity contribution in [2.24, 2.45) is 5.41 Å². The van der Waals surface area contributed by atoms with Crippen molar-refractivity contribution in [2.75, 3.05) is 5.32 Å². The summed E-state index contributed by atoms with van der Waals surface area (Å²) in [4.78, 5) is 17.7. The van der Waals surface area contributed by atoms with E-state index in [-0.39, 0.29) is 28.2 Å². The molecule has 0 bridgehead atoms. The van der Waals surface area contributed by atoms with Gasteiger partial charge in [-0.2, -0.15) is 4.98 Å². The first-order chi connectivity index (χ1) is 7.40. The third kappa shape index (κ3) is 2.06. The molecule has 0 radical (unpaired) electrons. The Hall–Kier alpha value is -1.43. The highest BCUT2D eigenvalue weighted by molar-refractivity contribution is 6.28. The number of anilines is 1. The van der Waals surface area contributed by atoms with Gasteiger partial charge >= 0.3 is 5.69 Å². The van der Waals surface area contributed by atoms with Gasteiger partial charge in [0.25, 0.3) is 0 Å². The summed E-state index contributed by atoms with van der Waals surface area (Å²) in [6.45, 7) is 4.17. The van der Waals surface area contributed by atoms with Gasteiger partial charge in [-0.15, -0.1) is 0 Å². The Morgan fingerprint density at radius 2 is 2.31 bits per heavy atom. The number of nitro groups is 1. The molecule has 1 heterocycles. The average molecular weight is 243 g/mol. The smallest absolute Gasteiger partial charge is 0.329 e. The predicted molar refractivity (Wildman–Crippen MR) is 59.5 cm³/mol. The summed E-state index contributed by atoms with van der Waals surface area (Å²) in [7, 11) is 0. The summed E-state index contributed by atoms with van der Waals surface area (Å²) in [6, 6.07) is 0.206. The van der Waals surface area contributed by atoms with Crippen LogP contribution < -0.4 is 5.32 Å². The molecule has 1 aliphatic rings. The van der Waals surface area contributed by atoms with E-state index in [1.165, 1.54) is 0 Å². The van der Waals surface area contributed by atoms with Crippen molar-refractivity contribution < 1.29 is 4.92 Å². The number of halogens is 1. The predicted octanol–water partition coefficient (Wildman–Crippen LogP) is 2.25. The first-order valence-corrected chi connectivity index (χ1v) is 5.21. The Balaban J connectivity index is 2.25. The van der Waals surface area contributed by atoms with E-state index in [0.29, 0.717) is 0 Å². The fourth-order valence-electron chi connectivity index (χ4n) is 1.47. The van der Waals surface area contributed by atoms with E-state index in [9.17, 15) is 10.1 Å². The molecule has 1 aliphatic carbocycles. The average Bonchev–Trinajstić information content (AvgIpc) is 2.72. The Labute approximate surface area is 97.2 Å². The number of rotatable bonds is 3. The van der Waals surface area contributed by atoms with Crippen molar-refractivity contribution in [2.45, 2.75) is 26.3 Å². The maximum absolute atomic E-state index is 10.7. The van der Waals surface area contributed by atoms with Crippen LogP contribution in [0.15, 0.2) is 6.20 Å². The molecular formula is C9H11ClN4O2. The maximum Gasteiger partial charge on any atom is 0.329 e. The lowest BCUT2D eigenvalue weighted by atomic mass is 10.2. The number of nitrogens with zero attached hydrogens (tertiary/aromatic N) is 3. The molecule has 86 valence electrons. The molecule has 1 N–H and O–H groups in total. The van der Waals surface area contributed by atoms with E-state index < -0.39 is 4.92 Å². The van der Waals surface area contributed by atoms with Crippen LogP contribution in [-0.2, 0) is 0 Å². The van der Waals surface area contributed by atoms with Gasteiger partial charge in [0.05, 0.1) is 4.92 Å². The minimum atomic E-state index is -0.520. The van der Waals surface area contributed by atoms with Crippen LogP contribution in [0, 0.1) is 15.5 Å². The van der Waals surface area contributed by atoms with E-state index in [4.69, 9.17) is 11.6 Å². The van der Waals surface area contributed by atoms with Crippen molar-refractivity contribution in [3.05, 3.63) is 21.6 Å². The standard InChI is InChI=1S/C9H11ClN4O2/c1-9(2)3-6(9)12-7-5(14(15)16)4-11-8(10)13-7/h4,6H,3H2,1-2H3,(H,11,12,13). The second-order valence-electron chi connectivity index (χ2n) is 4.52. The summed E-state index contributed by atoms with van der Waals surface area (Å²) in [5.74, 6) is 0.195. The van der Waals surface area contributed by atoms with Crippen LogP contribution in [0.4, 0.5) is 11.5 Å². The van der Waals surface area contributed by atoms with Crippen LogP contribution in [0.3, 0.4) is 0 Å². The Morgan fingerprint density at radius 1 is 1.69 bits per heavy atom. The van der Waals surface area contributed by atoms with Gasteiger partial charge in [0.2, 0.25) is 11.1 Å². The van der Waals surface area contributed by atoms with Crippen molar-refractivity contribution >= 4 is 23.1 Å². The minimum absolute atomic E-state index is 0.00607. The van der Waals surface area contributed by atoms with E-state index in [2.05, 4.69) is 29.1 Å². The van der Waals surface area contributed by atoms with Crippen LogP contribution in [0.5, 0.6) is 0 Å². The van der Waals surface area contributed by atoms with E-state index in [0.717, 1.165) is 12.6 Å². The number of hydrogen-bond donors (Lipinski definition) is 1. The molecule has 0 saturated heterocycles. The molecule has 1 aromatic heterocycles. The molecule has 0 aromatic carbocycles. The van der Waals surface area contributed by atoms with Crippen molar-refractivity contribution in [3.63, 3.8) is 0 Å². The Kier molecular flexibility index (Phi) is 2.46. The first kappa shape index (κ1) is 11.1. The van der Waals surface area contributed by atoms with Crippen LogP contribution in [0.25, 0.3) is 0 Å². The molecule has 1 aromatic rings. The van der Waals surface area contributed by atoms with Crippen molar-refractivity contribution in [1.82, 2.24) is 9.97 Å². The van der Waals surface area contributed by atoms with Crippen LogP contribution >= 0.6 is 11.6 Å². The molecule has 1 saturated carbocycles. The molecule has 0 amide bonds. The lowest BCUT2D eigenvalue weighted by molar-refractivity contribution is -0.384. The normalized spacial score (nSPS) is 21.6. The zero-order chi connectivity index (χ0) is 11.9. The SMILES string of the molecule is CC1(C)CC1Nc1nc(Cl)ncc1[N+](=O)[O-]. The number of hydrogen-bond acceptors (Lipinski definition) is 5. The molecule has 6 nitrogen and oxygen atoms in total. The Morgan fingerprint density at radius 3 is 2.81 bits per heavy atom. The Bertz CT molecular complexity index is 449. The van der Waals surface area contributed by atoms with Gasteiger partial charge < -0.3 is 5.32 Å². The molecule has 16 heavy (non-hydrogen) atoms. The van der Waals surface area contributed by atoms with Gasteiger partial charge in [-0.1, -0.05) is 13.8 Å².